The van der Waals surface area contributed by atoms with E-state index in [4.69, 9.17) is 0 Å². The van der Waals surface area contributed by atoms with Crippen LogP contribution in [-0.2, 0) is 22.7 Å². The predicted molar refractivity (Wildman–Crippen MR) is 124 cm³/mol. The average Bonchev–Trinajstić information content (AvgIpc) is 3.29. The Hall–Kier alpha value is -3.02. The number of hydrogen-bond acceptors (Lipinski definition) is 4. The smallest absolute Gasteiger partial charge is 0.247 e. The van der Waals surface area contributed by atoms with Gasteiger partial charge in [0.25, 0.3) is 0 Å². The molecule has 0 saturated heterocycles. The monoisotopic (exact) mass is 432 g/mol. The van der Waals surface area contributed by atoms with Gasteiger partial charge in [0.15, 0.2) is 5.78 Å². The third-order valence-corrected chi connectivity index (χ3v) is 7.14. The zero-order valence-electron chi connectivity index (χ0n) is 19.2. The summed E-state index contributed by atoms with van der Waals surface area (Å²) in [5, 5.41) is 11.3. The van der Waals surface area contributed by atoms with Crippen LogP contribution in [0.15, 0.2) is 53.8 Å². The van der Waals surface area contributed by atoms with Gasteiger partial charge in [-0.25, -0.2) is 4.68 Å². The van der Waals surface area contributed by atoms with Gasteiger partial charge >= 0.3 is 0 Å². The number of nitrogens with one attached hydrogen (secondary N) is 1. The first-order chi connectivity index (χ1) is 15.3. The summed E-state index contributed by atoms with van der Waals surface area (Å²) in [6, 6.07) is 8.31. The van der Waals surface area contributed by atoms with E-state index in [2.05, 4.69) is 60.3 Å². The molecule has 32 heavy (non-hydrogen) atoms. The van der Waals surface area contributed by atoms with E-state index in [1.54, 1.807) is 4.68 Å². The Morgan fingerprint density at radius 1 is 1.19 bits per heavy atom. The number of allylic oxidation sites excluding steroid dienone is 2. The van der Waals surface area contributed by atoms with E-state index < -0.39 is 0 Å². The fourth-order valence-corrected chi connectivity index (χ4v) is 4.96. The van der Waals surface area contributed by atoms with Gasteiger partial charge in [-0.2, -0.15) is 0 Å². The van der Waals surface area contributed by atoms with Gasteiger partial charge in [0, 0.05) is 12.0 Å². The van der Waals surface area contributed by atoms with E-state index in [1.165, 1.54) is 11.1 Å². The number of carbonyl (C=O) groups excluding carboxylic acids is 2. The normalized spacial score (nSPS) is 23.1. The van der Waals surface area contributed by atoms with Crippen molar-refractivity contribution < 1.29 is 9.59 Å². The van der Waals surface area contributed by atoms with Crippen molar-refractivity contribution in [1.82, 2.24) is 20.3 Å². The second-order valence-electron chi connectivity index (χ2n) is 9.44. The molecule has 0 spiro atoms. The third kappa shape index (κ3) is 4.74. The fraction of sp³-hybridized carbons (Fsp3) is 0.462. The largest absolute Gasteiger partial charge is 0.347 e. The first-order valence-corrected chi connectivity index (χ1v) is 11.5. The van der Waals surface area contributed by atoms with E-state index in [1.807, 2.05) is 13.1 Å². The van der Waals surface area contributed by atoms with Crippen molar-refractivity contribution in [1.29, 1.82) is 0 Å². The minimum absolute atomic E-state index is 0.0792. The van der Waals surface area contributed by atoms with Gasteiger partial charge in [0.2, 0.25) is 5.91 Å². The van der Waals surface area contributed by atoms with E-state index in [0.29, 0.717) is 42.6 Å². The molecule has 0 bridgehead atoms. The molecule has 6 heteroatoms. The molecule has 2 aromatic rings. The van der Waals surface area contributed by atoms with E-state index in [9.17, 15) is 9.59 Å². The quantitative estimate of drug-likeness (QED) is 0.696. The molecule has 1 amide bonds. The number of amides is 1. The van der Waals surface area contributed by atoms with Crippen molar-refractivity contribution in [2.45, 2.75) is 59.5 Å². The molecule has 1 N–H and O–H groups in total. The third-order valence-electron chi connectivity index (χ3n) is 7.14. The number of aryl methyl sites for hydroxylation is 1. The second kappa shape index (κ2) is 9.23. The molecule has 168 valence electrons. The number of benzene rings is 1. The van der Waals surface area contributed by atoms with Crippen molar-refractivity contribution in [2.75, 3.05) is 0 Å². The van der Waals surface area contributed by atoms with Gasteiger partial charge in [-0.15, -0.1) is 5.10 Å². The molecule has 0 aliphatic heterocycles. The number of rotatable bonds is 6. The summed E-state index contributed by atoms with van der Waals surface area (Å²) < 4.78 is 1.78. The maximum absolute atomic E-state index is 12.8. The second-order valence-corrected chi connectivity index (χ2v) is 9.44. The lowest BCUT2D eigenvalue weighted by Crippen LogP contribution is -2.27. The molecule has 0 unspecified atom stereocenters. The van der Waals surface area contributed by atoms with Crippen LogP contribution < -0.4 is 5.32 Å². The van der Waals surface area contributed by atoms with E-state index in [0.717, 1.165) is 30.4 Å². The number of fused-ring (bicyclic) bond motifs is 1. The van der Waals surface area contributed by atoms with Crippen LogP contribution in [0.5, 0.6) is 0 Å². The fourth-order valence-electron chi connectivity index (χ4n) is 4.96. The molecule has 0 radical (unpaired) electrons. The maximum Gasteiger partial charge on any atom is 0.247 e. The summed E-state index contributed by atoms with van der Waals surface area (Å²) in [6.07, 6.45) is 5.21. The van der Waals surface area contributed by atoms with Gasteiger partial charge < -0.3 is 5.32 Å². The Kier molecular flexibility index (Phi) is 6.40. The van der Waals surface area contributed by atoms with Crippen LogP contribution in [0.1, 0.15) is 56.4 Å². The van der Waals surface area contributed by atoms with Crippen molar-refractivity contribution in [3.63, 3.8) is 0 Å². The van der Waals surface area contributed by atoms with Crippen molar-refractivity contribution in [2.24, 2.45) is 17.8 Å². The summed E-state index contributed by atoms with van der Waals surface area (Å²) in [4.78, 5) is 25.1. The van der Waals surface area contributed by atoms with Crippen LogP contribution in [0.25, 0.3) is 0 Å². The van der Waals surface area contributed by atoms with Crippen molar-refractivity contribution >= 4 is 11.7 Å². The van der Waals surface area contributed by atoms with Gasteiger partial charge in [-0.1, -0.05) is 54.1 Å². The molecule has 1 aromatic heterocycles. The van der Waals surface area contributed by atoms with Crippen LogP contribution in [-0.4, -0.2) is 26.7 Å². The van der Waals surface area contributed by atoms with E-state index >= 15 is 0 Å². The summed E-state index contributed by atoms with van der Waals surface area (Å²) in [5.74, 6) is 1.01. The van der Waals surface area contributed by atoms with Crippen LogP contribution in [0, 0.1) is 24.7 Å². The maximum atomic E-state index is 12.8. The lowest BCUT2D eigenvalue weighted by Gasteiger charge is -2.19. The summed E-state index contributed by atoms with van der Waals surface area (Å²) in [6.45, 7) is 11.3. The topological polar surface area (TPSA) is 76.9 Å². The Bertz CT molecular complexity index is 1060. The van der Waals surface area contributed by atoms with Gasteiger partial charge in [0.1, 0.15) is 5.69 Å². The molecule has 1 heterocycles. The van der Waals surface area contributed by atoms with Crippen LogP contribution in [0.4, 0.5) is 0 Å². The lowest BCUT2D eigenvalue weighted by molar-refractivity contribution is -0.118. The van der Waals surface area contributed by atoms with Gasteiger partial charge in [-0.3, -0.25) is 9.59 Å². The highest BCUT2D eigenvalue weighted by Crippen LogP contribution is 2.45. The summed E-state index contributed by atoms with van der Waals surface area (Å²) >= 11 is 0. The molecular formula is C26H32N4O2. The number of nitrogens with zero attached hydrogens (tertiary/aromatic N) is 3. The van der Waals surface area contributed by atoms with Crippen LogP contribution >= 0.6 is 0 Å². The molecule has 1 aromatic carbocycles. The first kappa shape index (κ1) is 22.2. The molecule has 2 aliphatic rings. The minimum atomic E-state index is -0.142. The SMILES string of the molecule is C=C(C(=O)NCc1cn(Cc2ccc(C)cc2)nn1)[C@@H]1CC[C@H](C)[C@@H]2CC(=O)C(C)=C2C1. The lowest BCUT2D eigenvalue weighted by atomic mass is 9.86. The molecular weight excluding hydrogens is 400 g/mol. The summed E-state index contributed by atoms with van der Waals surface area (Å²) in [5.41, 5.74) is 5.85. The Balaban J connectivity index is 1.34. The molecule has 6 nitrogen and oxygen atoms in total. The average molecular weight is 433 g/mol. The van der Waals surface area contributed by atoms with Crippen LogP contribution in [0.2, 0.25) is 0 Å². The number of ketones is 1. The Labute approximate surface area is 189 Å². The Morgan fingerprint density at radius 3 is 2.69 bits per heavy atom. The first-order valence-electron chi connectivity index (χ1n) is 11.5. The number of hydrogen-bond donors (Lipinski definition) is 1. The standard InChI is InChI=1S/C26H32N4O2/c1-16-5-8-20(9-6-16)14-30-15-22(28-29-30)13-27-26(32)18(3)21-10-7-17(2)23-12-25(31)19(4)24(23)11-21/h5-6,8-9,15,17,21,23H,3,7,10-14H2,1-2,4H3,(H,27,32)/t17-,21+,23-/m0/s1. The molecule has 1 fully saturated rings. The van der Waals surface area contributed by atoms with E-state index in [-0.39, 0.29) is 17.6 Å². The van der Waals surface area contributed by atoms with Gasteiger partial charge in [0.05, 0.1) is 19.3 Å². The highest BCUT2D eigenvalue weighted by molar-refractivity contribution is 5.99. The van der Waals surface area contributed by atoms with Crippen molar-refractivity contribution in [3.05, 3.63) is 70.6 Å². The molecule has 1 saturated carbocycles. The van der Waals surface area contributed by atoms with Crippen molar-refractivity contribution in [3.8, 4) is 0 Å². The number of aromatic nitrogens is 3. The molecule has 3 atom stereocenters. The molecule has 2 aliphatic carbocycles. The zero-order chi connectivity index (χ0) is 22.8. The minimum Gasteiger partial charge on any atom is -0.347 e. The number of carbonyl (C=O) groups is 2. The highest BCUT2D eigenvalue weighted by atomic mass is 16.1. The highest BCUT2D eigenvalue weighted by Gasteiger charge is 2.37. The molecule has 4 rings (SSSR count). The zero-order valence-corrected chi connectivity index (χ0v) is 19.2. The van der Waals surface area contributed by atoms with Crippen LogP contribution in [0.3, 0.4) is 0 Å². The Morgan fingerprint density at radius 2 is 1.94 bits per heavy atom. The summed E-state index contributed by atoms with van der Waals surface area (Å²) in [7, 11) is 0. The van der Waals surface area contributed by atoms with Gasteiger partial charge in [-0.05, 0) is 62.0 Å². The predicted octanol–water partition coefficient (Wildman–Crippen LogP) is 4.15. The number of Topliss-reactive ketones (excluding diaryl/α,β-unsaturated/α-hetero) is 1.